The number of hydrogen-bond acceptors (Lipinski definition) is 3. The van der Waals surface area contributed by atoms with Gasteiger partial charge in [0.05, 0.1) is 6.54 Å². The first-order chi connectivity index (χ1) is 11.8. The number of oxazole rings is 1. The van der Waals surface area contributed by atoms with Crippen LogP contribution < -0.4 is 5.32 Å². The number of carbonyl (C=O) groups is 1. The Morgan fingerprint density at radius 2 is 2.00 bits per heavy atom. The monoisotopic (exact) mass is 317 g/mol. The molecule has 2 N–H and O–H groups in total. The van der Waals surface area contributed by atoms with Gasteiger partial charge in [-0.15, -0.1) is 0 Å². The highest BCUT2D eigenvalue weighted by molar-refractivity contribution is 5.91. The maximum absolute atomic E-state index is 11.9. The Hall–Kier alpha value is -3.34. The van der Waals surface area contributed by atoms with Crippen molar-refractivity contribution < 1.29 is 9.21 Å². The average Bonchev–Trinajstić information content (AvgIpc) is 3.21. The molecule has 4 rings (SSSR count). The zero-order valence-electron chi connectivity index (χ0n) is 12.8. The topological polar surface area (TPSA) is 70.9 Å². The van der Waals surface area contributed by atoms with Crippen molar-refractivity contribution in [2.24, 2.45) is 0 Å². The lowest BCUT2D eigenvalue weighted by Gasteiger charge is -1.98. The number of nitrogens with zero attached hydrogens (tertiary/aromatic N) is 1. The third-order valence-electron chi connectivity index (χ3n) is 3.73. The lowest BCUT2D eigenvalue weighted by molar-refractivity contribution is -0.116. The van der Waals surface area contributed by atoms with Gasteiger partial charge in [0.2, 0.25) is 11.8 Å². The van der Waals surface area contributed by atoms with Gasteiger partial charge < -0.3 is 14.7 Å². The van der Waals surface area contributed by atoms with Crippen LogP contribution in [0.3, 0.4) is 0 Å². The fourth-order valence-electron chi connectivity index (χ4n) is 2.58. The number of fused-ring (bicyclic) bond motifs is 2. The molecule has 1 amide bonds. The number of aromatic amines is 1. The summed E-state index contributed by atoms with van der Waals surface area (Å²) >= 11 is 0. The predicted octanol–water partition coefficient (Wildman–Crippen LogP) is 3.64. The number of amides is 1. The number of H-pyrrole nitrogens is 1. The molecule has 5 nitrogen and oxygen atoms in total. The first-order valence-electron chi connectivity index (χ1n) is 7.66. The minimum atomic E-state index is -0.198. The molecule has 0 saturated heterocycles. The molecule has 118 valence electrons. The highest BCUT2D eigenvalue weighted by Gasteiger charge is 2.04. The van der Waals surface area contributed by atoms with Gasteiger partial charge in [0.1, 0.15) is 5.52 Å². The molecule has 0 atom stereocenters. The number of benzene rings is 2. The molecule has 0 fully saturated rings. The Labute approximate surface area is 138 Å². The molecule has 0 spiro atoms. The van der Waals surface area contributed by atoms with Crippen LogP contribution in [0, 0.1) is 0 Å². The average molecular weight is 317 g/mol. The molecule has 2 heterocycles. The van der Waals surface area contributed by atoms with Crippen LogP contribution in [0.1, 0.15) is 11.6 Å². The van der Waals surface area contributed by atoms with E-state index >= 15 is 0 Å². The van der Waals surface area contributed by atoms with Crippen molar-refractivity contribution in [3.8, 4) is 0 Å². The maximum Gasteiger partial charge on any atom is 0.244 e. The van der Waals surface area contributed by atoms with Gasteiger partial charge in [-0.25, -0.2) is 4.98 Å². The van der Waals surface area contributed by atoms with E-state index < -0.39 is 0 Å². The second-order valence-electron chi connectivity index (χ2n) is 5.45. The van der Waals surface area contributed by atoms with E-state index in [0.29, 0.717) is 18.0 Å². The van der Waals surface area contributed by atoms with Crippen molar-refractivity contribution in [1.82, 2.24) is 15.3 Å². The zero-order valence-corrected chi connectivity index (χ0v) is 12.8. The van der Waals surface area contributed by atoms with Crippen LogP contribution >= 0.6 is 0 Å². The van der Waals surface area contributed by atoms with Gasteiger partial charge in [0, 0.05) is 23.4 Å². The summed E-state index contributed by atoms with van der Waals surface area (Å²) in [5, 5.41) is 3.97. The molecule has 5 heteroatoms. The normalized spacial score (nSPS) is 11.5. The lowest BCUT2D eigenvalue weighted by atomic mass is 10.2. The molecule has 0 aliphatic carbocycles. The maximum atomic E-state index is 11.9. The van der Waals surface area contributed by atoms with Crippen LogP contribution in [0.5, 0.6) is 0 Å². The van der Waals surface area contributed by atoms with Crippen molar-refractivity contribution in [2.75, 3.05) is 0 Å². The van der Waals surface area contributed by atoms with Gasteiger partial charge in [-0.3, -0.25) is 4.79 Å². The van der Waals surface area contributed by atoms with Crippen molar-refractivity contribution >= 4 is 34.0 Å². The number of para-hydroxylation sites is 3. The Morgan fingerprint density at radius 3 is 2.88 bits per heavy atom. The second kappa shape index (κ2) is 6.04. The number of nitrogens with one attached hydrogen (secondary N) is 2. The smallest absolute Gasteiger partial charge is 0.244 e. The Kier molecular flexibility index (Phi) is 3.59. The molecule has 0 radical (unpaired) electrons. The van der Waals surface area contributed by atoms with Gasteiger partial charge in [-0.1, -0.05) is 30.3 Å². The van der Waals surface area contributed by atoms with E-state index in [-0.39, 0.29) is 5.91 Å². The molecule has 2 aromatic heterocycles. The van der Waals surface area contributed by atoms with Gasteiger partial charge in [0.15, 0.2) is 5.58 Å². The summed E-state index contributed by atoms with van der Waals surface area (Å²) in [5.74, 6) is 0.216. The third kappa shape index (κ3) is 2.92. The molecule has 0 aliphatic heterocycles. The fourth-order valence-corrected chi connectivity index (χ4v) is 2.58. The first kappa shape index (κ1) is 14.3. The SMILES string of the molecule is O=C(/C=C/c1nc2ccccc2o1)NCc1cc2ccccc2[nH]1. The second-order valence-corrected chi connectivity index (χ2v) is 5.45. The van der Waals surface area contributed by atoms with E-state index in [2.05, 4.69) is 15.3 Å². The molecule has 2 aromatic carbocycles. The van der Waals surface area contributed by atoms with Crippen LogP contribution in [0.15, 0.2) is 65.1 Å². The molecule has 0 unspecified atom stereocenters. The van der Waals surface area contributed by atoms with Crippen LogP contribution in [-0.4, -0.2) is 15.9 Å². The van der Waals surface area contributed by atoms with Crippen LogP contribution in [0.25, 0.3) is 28.1 Å². The van der Waals surface area contributed by atoms with Gasteiger partial charge in [0.25, 0.3) is 0 Å². The van der Waals surface area contributed by atoms with Crippen molar-refractivity contribution in [2.45, 2.75) is 6.54 Å². The number of aromatic nitrogens is 2. The van der Waals surface area contributed by atoms with Crippen molar-refractivity contribution in [3.63, 3.8) is 0 Å². The highest BCUT2D eigenvalue weighted by atomic mass is 16.3. The number of carbonyl (C=O) groups excluding carboxylic acids is 1. The minimum absolute atomic E-state index is 0.198. The standard InChI is InChI=1S/C19H15N3O2/c23-18(9-10-19-22-16-7-3-4-8-17(16)24-19)20-12-14-11-13-5-1-2-6-15(13)21-14/h1-11,21H,12H2,(H,20,23)/b10-9+. The fraction of sp³-hybridized carbons (Fsp3) is 0.0526. The van der Waals surface area contributed by atoms with Crippen LogP contribution in [0.2, 0.25) is 0 Å². The summed E-state index contributed by atoms with van der Waals surface area (Å²) in [6.45, 7) is 0.436. The third-order valence-corrected chi connectivity index (χ3v) is 3.73. The largest absolute Gasteiger partial charge is 0.437 e. The molecule has 0 aliphatic rings. The Morgan fingerprint density at radius 1 is 1.17 bits per heavy atom. The van der Waals surface area contributed by atoms with Gasteiger partial charge >= 0.3 is 0 Å². The molecule has 0 saturated carbocycles. The predicted molar refractivity (Wildman–Crippen MR) is 93.2 cm³/mol. The summed E-state index contributed by atoms with van der Waals surface area (Å²) in [6, 6.07) is 17.5. The highest BCUT2D eigenvalue weighted by Crippen LogP contribution is 2.16. The van der Waals surface area contributed by atoms with E-state index in [9.17, 15) is 4.79 Å². The van der Waals surface area contributed by atoms with Gasteiger partial charge in [-0.05, 0) is 29.7 Å². The summed E-state index contributed by atoms with van der Waals surface area (Å²) in [6.07, 6.45) is 2.99. The summed E-state index contributed by atoms with van der Waals surface area (Å²) in [7, 11) is 0. The van der Waals surface area contributed by atoms with E-state index in [1.165, 1.54) is 6.08 Å². The van der Waals surface area contributed by atoms with Crippen molar-refractivity contribution in [3.05, 3.63) is 72.3 Å². The van der Waals surface area contributed by atoms with Crippen LogP contribution in [0.4, 0.5) is 0 Å². The summed E-state index contributed by atoms with van der Waals surface area (Å²) in [5.41, 5.74) is 3.50. The van der Waals surface area contributed by atoms with E-state index in [1.54, 1.807) is 6.08 Å². The molecular weight excluding hydrogens is 302 g/mol. The quantitative estimate of drug-likeness (QED) is 0.565. The molecule has 0 bridgehead atoms. The van der Waals surface area contributed by atoms with E-state index in [0.717, 1.165) is 22.1 Å². The number of rotatable bonds is 4. The van der Waals surface area contributed by atoms with E-state index in [1.807, 2.05) is 54.6 Å². The first-order valence-corrected chi connectivity index (χ1v) is 7.66. The summed E-state index contributed by atoms with van der Waals surface area (Å²) in [4.78, 5) is 19.5. The lowest BCUT2D eigenvalue weighted by Crippen LogP contribution is -2.20. The van der Waals surface area contributed by atoms with Crippen molar-refractivity contribution in [1.29, 1.82) is 0 Å². The van der Waals surface area contributed by atoms with Gasteiger partial charge in [-0.2, -0.15) is 0 Å². The molecule has 24 heavy (non-hydrogen) atoms. The minimum Gasteiger partial charge on any atom is -0.437 e. The Balaban J connectivity index is 1.40. The summed E-state index contributed by atoms with van der Waals surface area (Å²) < 4.78 is 5.54. The van der Waals surface area contributed by atoms with Crippen LogP contribution in [-0.2, 0) is 11.3 Å². The number of hydrogen-bond donors (Lipinski definition) is 2. The molecular formula is C19H15N3O2. The molecule has 4 aromatic rings. The zero-order chi connectivity index (χ0) is 16.4. The Bertz CT molecular complexity index is 977. The van der Waals surface area contributed by atoms with E-state index in [4.69, 9.17) is 4.42 Å².